The van der Waals surface area contributed by atoms with Crippen molar-refractivity contribution in [3.8, 4) is 11.1 Å². The fourth-order valence-electron chi connectivity index (χ4n) is 2.71. The zero-order valence-electron chi connectivity index (χ0n) is 13.9. The summed E-state index contributed by atoms with van der Waals surface area (Å²) in [7, 11) is 0. The lowest BCUT2D eigenvalue weighted by molar-refractivity contribution is -0.145. The summed E-state index contributed by atoms with van der Waals surface area (Å²) >= 11 is 1.68. The fraction of sp³-hybridized carbons (Fsp3) is 0.190. The minimum Gasteiger partial charge on any atom is -0.461 e. The van der Waals surface area contributed by atoms with E-state index in [1.807, 2.05) is 30.3 Å². The van der Waals surface area contributed by atoms with Crippen LogP contribution in [0.3, 0.4) is 0 Å². The van der Waals surface area contributed by atoms with Gasteiger partial charge in [-0.1, -0.05) is 54.6 Å². The number of benzene rings is 2. The number of hydrogen-bond donors (Lipinski definition) is 1. The maximum Gasteiger partial charge on any atom is 0.306 e. The average molecular weight is 351 g/mol. The highest BCUT2D eigenvalue weighted by molar-refractivity contribution is 7.08. The summed E-state index contributed by atoms with van der Waals surface area (Å²) in [5.74, 6) is -0.249. The van der Waals surface area contributed by atoms with Gasteiger partial charge in [-0.05, 0) is 45.6 Å². The normalized spacial score (nSPS) is 11.9. The molecule has 3 nitrogen and oxygen atoms in total. The van der Waals surface area contributed by atoms with Gasteiger partial charge in [0.25, 0.3) is 0 Å². The third-order valence-corrected chi connectivity index (χ3v) is 4.86. The van der Waals surface area contributed by atoms with Crippen molar-refractivity contribution in [2.45, 2.75) is 18.9 Å². The predicted molar refractivity (Wildman–Crippen MR) is 102 cm³/mol. The number of ether oxygens (including phenoxy) is 1. The molecule has 4 heteroatoms. The van der Waals surface area contributed by atoms with Crippen LogP contribution in [-0.4, -0.2) is 12.5 Å². The second kappa shape index (κ2) is 8.60. The molecule has 0 saturated carbocycles. The van der Waals surface area contributed by atoms with E-state index >= 15 is 0 Å². The molecular weight excluding hydrogens is 330 g/mol. The Balaban J connectivity index is 1.59. The van der Waals surface area contributed by atoms with Crippen molar-refractivity contribution in [3.63, 3.8) is 0 Å². The molecule has 25 heavy (non-hydrogen) atoms. The highest BCUT2D eigenvalue weighted by atomic mass is 32.1. The van der Waals surface area contributed by atoms with Crippen LogP contribution in [-0.2, 0) is 16.1 Å². The van der Waals surface area contributed by atoms with Gasteiger partial charge in [0.1, 0.15) is 6.61 Å². The number of carbonyl (C=O) groups excluding carboxylic acids is 1. The molecule has 0 amide bonds. The number of hydrogen-bond acceptors (Lipinski definition) is 4. The van der Waals surface area contributed by atoms with Crippen LogP contribution < -0.4 is 5.73 Å². The Labute approximate surface area is 152 Å². The number of rotatable bonds is 7. The topological polar surface area (TPSA) is 52.3 Å². The van der Waals surface area contributed by atoms with E-state index in [-0.39, 0.29) is 11.9 Å². The third kappa shape index (κ3) is 4.78. The van der Waals surface area contributed by atoms with Gasteiger partial charge in [-0.3, -0.25) is 4.79 Å². The lowest BCUT2D eigenvalue weighted by Gasteiger charge is -2.15. The van der Waals surface area contributed by atoms with Crippen molar-refractivity contribution < 1.29 is 9.53 Å². The summed E-state index contributed by atoms with van der Waals surface area (Å²) in [4.78, 5) is 12.1. The zero-order chi connectivity index (χ0) is 17.5. The van der Waals surface area contributed by atoms with Gasteiger partial charge >= 0.3 is 5.97 Å². The molecule has 2 aromatic carbocycles. The van der Waals surface area contributed by atoms with E-state index in [1.54, 1.807) is 11.3 Å². The quantitative estimate of drug-likeness (QED) is 0.633. The van der Waals surface area contributed by atoms with Gasteiger partial charge in [-0.25, -0.2) is 0 Å². The summed E-state index contributed by atoms with van der Waals surface area (Å²) in [5, 5.41) is 4.19. The van der Waals surface area contributed by atoms with Crippen molar-refractivity contribution in [2.24, 2.45) is 5.73 Å². The van der Waals surface area contributed by atoms with Crippen molar-refractivity contribution in [2.75, 3.05) is 6.54 Å². The smallest absolute Gasteiger partial charge is 0.306 e. The first-order valence-corrected chi connectivity index (χ1v) is 9.22. The van der Waals surface area contributed by atoms with E-state index in [1.165, 1.54) is 11.1 Å². The van der Waals surface area contributed by atoms with Gasteiger partial charge in [-0.15, -0.1) is 0 Å². The largest absolute Gasteiger partial charge is 0.461 e. The lowest BCUT2D eigenvalue weighted by Crippen LogP contribution is -2.18. The SMILES string of the molecule is NCC(CC(=O)OCc1ccccc1)c1ccc(-c2ccsc2)cc1. The summed E-state index contributed by atoms with van der Waals surface area (Å²) in [6, 6.07) is 20.0. The Morgan fingerprint density at radius 2 is 1.76 bits per heavy atom. The van der Waals surface area contributed by atoms with Crippen LogP contribution in [0.5, 0.6) is 0 Å². The molecule has 3 rings (SSSR count). The first kappa shape index (κ1) is 17.4. The van der Waals surface area contributed by atoms with Crippen LogP contribution in [0.4, 0.5) is 0 Å². The predicted octanol–water partition coefficient (Wildman–Crippen LogP) is 4.59. The second-order valence-corrected chi connectivity index (χ2v) is 6.70. The molecule has 1 atom stereocenters. The molecule has 0 spiro atoms. The van der Waals surface area contributed by atoms with Crippen molar-refractivity contribution in [1.82, 2.24) is 0 Å². The van der Waals surface area contributed by atoms with Crippen LogP contribution in [0.1, 0.15) is 23.5 Å². The molecule has 0 saturated heterocycles. The molecule has 2 N–H and O–H groups in total. The standard InChI is InChI=1S/C21H21NO2S/c22-13-20(12-21(23)24-14-16-4-2-1-3-5-16)18-8-6-17(7-9-18)19-10-11-25-15-19/h1-11,15,20H,12-14,22H2. The fourth-order valence-corrected chi connectivity index (χ4v) is 3.38. The Hall–Kier alpha value is -2.43. The molecular formula is C21H21NO2S. The molecule has 128 valence electrons. The van der Waals surface area contributed by atoms with Crippen LogP contribution in [0.15, 0.2) is 71.4 Å². The maximum absolute atomic E-state index is 12.1. The van der Waals surface area contributed by atoms with Gasteiger partial charge < -0.3 is 10.5 Å². The molecule has 0 aliphatic heterocycles. The number of nitrogens with two attached hydrogens (primary N) is 1. The van der Waals surface area contributed by atoms with Gasteiger partial charge in [0.2, 0.25) is 0 Å². The summed E-state index contributed by atoms with van der Waals surface area (Å²) in [5.41, 5.74) is 10.3. The second-order valence-electron chi connectivity index (χ2n) is 5.92. The number of thiophene rings is 1. The van der Waals surface area contributed by atoms with Crippen molar-refractivity contribution >= 4 is 17.3 Å². The molecule has 3 aromatic rings. The Morgan fingerprint density at radius 1 is 1.00 bits per heavy atom. The van der Waals surface area contributed by atoms with Crippen LogP contribution in [0, 0.1) is 0 Å². The zero-order valence-corrected chi connectivity index (χ0v) is 14.7. The van der Waals surface area contributed by atoms with E-state index in [2.05, 4.69) is 41.1 Å². The Bertz CT molecular complexity index is 783. The van der Waals surface area contributed by atoms with E-state index in [0.717, 1.165) is 11.1 Å². The van der Waals surface area contributed by atoms with Gasteiger partial charge in [0.15, 0.2) is 0 Å². The highest BCUT2D eigenvalue weighted by Crippen LogP contribution is 2.26. The first-order chi connectivity index (χ1) is 12.3. The summed E-state index contributed by atoms with van der Waals surface area (Å²) in [6.45, 7) is 0.715. The maximum atomic E-state index is 12.1. The van der Waals surface area contributed by atoms with Gasteiger partial charge in [-0.2, -0.15) is 11.3 Å². The van der Waals surface area contributed by atoms with Gasteiger partial charge in [0, 0.05) is 5.92 Å². The molecule has 1 aromatic heterocycles. The minimum atomic E-state index is -0.221. The van der Waals surface area contributed by atoms with Crippen LogP contribution >= 0.6 is 11.3 Å². The van der Waals surface area contributed by atoms with E-state index in [0.29, 0.717) is 19.6 Å². The monoisotopic (exact) mass is 351 g/mol. The number of carbonyl (C=O) groups is 1. The van der Waals surface area contributed by atoms with E-state index in [4.69, 9.17) is 10.5 Å². The van der Waals surface area contributed by atoms with Gasteiger partial charge in [0.05, 0.1) is 6.42 Å². The molecule has 0 radical (unpaired) electrons. The molecule has 1 heterocycles. The van der Waals surface area contributed by atoms with Crippen molar-refractivity contribution in [3.05, 3.63) is 82.6 Å². The van der Waals surface area contributed by atoms with Crippen molar-refractivity contribution in [1.29, 1.82) is 0 Å². The molecule has 0 bridgehead atoms. The Kier molecular flexibility index (Phi) is 5.99. The van der Waals surface area contributed by atoms with E-state index in [9.17, 15) is 4.79 Å². The molecule has 0 fully saturated rings. The molecule has 1 unspecified atom stereocenters. The van der Waals surface area contributed by atoms with Crippen LogP contribution in [0.25, 0.3) is 11.1 Å². The Morgan fingerprint density at radius 3 is 2.40 bits per heavy atom. The lowest BCUT2D eigenvalue weighted by atomic mass is 9.94. The third-order valence-electron chi connectivity index (χ3n) is 4.18. The molecule has 0 aliphatic rings. The highest BCUT2D eigenvalue weighted by Gasteiger charge is 2.16. The summed E-state index contributed by atoms with van der Waals surface area (Å²) in [6.07, 6.45) is 0.293. The van der Waals surface area contributed by atoms with E-state index < -0.39 is 0 Å². The average Bonchev–Trinajstić information content (AvgIpc) is 3.20. The van der Waals surface area contributed by atoms with Crippen LogP contribution in [0.2, 0.25) is 0 Å². The summed E-state index contributed by atoms with van der Waals surface area (Å²) < 4.78 is 5.37. The first-order valence-electron chi connectivity index (χ1n) is 8.28. The number of esters is 1. The minimum absolute atomic E-state index is 0.0280. The molecule has 0 aliphatic carbocycles.